The molecule has 2 rings (SSSR count). The SMILES string of the molecule is NC(=S)c1cccc(N2CCCS(=O)(=O)CC2)n1. The molecule has 18 heavy (non-hydrogen) atoms. The number of thiocarbonyl (C=S) groups is 1. The number of pyridine rings is 1. The Kier molecular flexibility index (Phi) is 3.82. The van der Waals surface area contributed by atoms with Gasteiger partial charge in [-0.25, -0.2) is 13.4 Å². The molecule has 0 aromatic carbocycles. The highest BCUT2D eigenvalue weighted by Gasteiger charge is 2.20. The molecular formula is C11H15N3O2S2. The van der Waals surface area contributed by atoms with Crippen molar-refractivity contribution in [3.05, 3.63) is 23.9 Å². The number of sulfone groups is 1. The standard InChI is InChI=1S/C11H15N3O2S2/c12-11(17)9-3-1-4-10(13-9)14-5-2-7-18(15,16)8-6-14/h1,3-4H,2,5-8H2,(H2,12,17). The molecule has 0 radical (unpaired) electrons. The van der Waals surface area contributed by atoms with Crippen LogP contribution in [-0.4, -0.2) is 43.0 Å². The van der Waals surface area contributed by atoms with Gasteiger partial charge in [-0.15, -0.1) is 0 Å². The predicted octanol–water partition coefficient (Wildman–Crippen LogP) is 0.341. The maximum absolute atomic E-state index is 11.5. The number of hydrogen-bond acceptors (Lipinski definition) is 5. The number of nitrogens with two attached hydrogens (primary N) is 1. The molecule has 2 N–H and O–H groups in total. The fraction of sp³-hybridized carbons (Fsp3) is 0.455. The van der Waals surface area contributed by atoms with Crippen LogP contribution in [0, 0.1) is 0 Å². The first kappa shape index (κ1) is 13.2. The predicted molar refractivity (Wildman–Crippen MR) is 75.6 cm³/mol. The van der Waals surface area contributed by atoms with Crippen molar-refractivity contribution < 1.29 is 8.42 Å². The molecule has 2 heterocycles. The third-order valence-electron chi connectivity index (χ3n) is 2.87. The van der Waals surface area contributed by atoms with E-state index in [1.165, 1.54) is 0 Å². The van der Waals surface area contributed by atoms with Crippen LogP contribution >= 0.6 is 12.2 Å². The Labute approximate surface area is 112 Å². The van der Waals surface area contributed by atoms with Gasteiger partial charge in [0.25, 0.3) is 0 Å². The Morgan fingerprint density at radius 3 is 2.83 bits per heavy atom. The molecule has 0 aliphatic carbocycles. The highest BCUT2D eigenvalue weighted by molar-refractivity contribution is 7.91. The van der Waals surface area contributed by atoms with E-state index in [-0.39, 0.29) is 16.5 Å². The van der Waals surface area contributed by atoms with Crippen molar-refractivity contribution in [2.24, 2.45) is 5.73 Å². The molecule has 0 bridgehead atoms. The van der Waals surface area contributed by atoms with Crippen LogP contribution in [-0.2, 0) is 9.84 Å². The zero-order valence-electron chi connectivity index (χ0n) is 9.87. The fourth-order valence-corrected chi connectivity index (χ4v) is 3.29. The first-order valence-corrected chi connectivity index (χ1v) is 7.93. The number of nitrogens with zero attached hydrogens (tertiary/aromatic N) is 2. The van der Waals surface area contributed by atoms with Crippen LogP contribution in [0.5, 0.6) is 0 Å². The first-order chi connectivity index (χ1) is 8.48. The number of hydrogen-bond donors (Lipinski definition) is 1. The lowest BCUT2D eigenvalue weighted by Crippen LogP contribution is -2.28. The average molecular weight is 285 g/mol. The number of aromatic nitrogens is 1. The van der Waals surface area contributed by atoms with E-state index in [0.717, 1.165) is 5.82 Å². The van der Waals surface area contributed by atoms with E-state index < -0.39 is 9.84 Å². The summed E-state index contributed by atoms with van der Waals surface area (Å²) in [6, 6.07) is 5.43. The Hall–Kier alpha value is -1.21. The summed E-state index contributed by atoms with van der Waals surface area (Å²) in [5, 5.41) is 0. The molecule has 0 atom stereocenters. The van der Waals surface area contributed by atoms with E-state index in [4.69, 9.17) is 18.0 Å². The van der Waals surface area contributed by atoms with Crippen molar-refractivity contribution >= 4 is 32.9 Å². The largest absolute Gasteiger partial charge is 0.388 e. The van der Waals surface area contributed by atoms with Crippen LogP contribution < -0.4 is 10.6 Å². The van der Waals surface area contributed by atoms with Crippen LogP contribution in [0.25, 0.3) is 0 Å². The van der Waals surface area contributed by atoms with E-state index in [1.54, 1.807) is 6.07 Å². The fourth-order valence-electron chi connectivity index (χ4n) is 1.90. The summed E-state index contributed by atoms with van der Waals surface area (Å²) >= 11 is 4.89. The van der Waals surface area contributed by atoms with Crippen molar-refractivity contribution in [3.63, 3.8) is 0 Å². The molecule has 1 aliphatic rings. The maximum atomic E-state index is 11.5. The Morgan fingerprint density at radius 1 is 1.33 bits per heavy atom. The minimum Gasteiger partial charge on any atom is -0.388 e. The maximum Gasteiger partial charge on any atom is 0.152 e. The number of anilines is 1. The van der Waals surface area contributed by atoms with Crippen molar-refractivity contribution in [3.8, 4) is 0 Å². The van der Waals surface area contributed by atoms with Gasteiger partial charge in [0.1, 0.15) is 10.8 Å². The lowest BCUT2D eigenvalue weighted by Gasteiger charge is -2.21. The van der Waals surface area contributed by atoms with Gasteiger partial charge in [-0.3, -0.25) is 0 Å². The van der Waals surface area contributed by atoms with Crippen LogP contribution in [0.3, 0.4) is 0 Å². The summed E-state index contributed by atoms with van der Waals surface area (Å²) in [7, 11) is -2.91. The molecule has 1 saturated heterocycles. The summed E-state index contributed by atoms with van der Waals surface area (Å²) < 4.78 is 23.1. The van der Waals surface area contributed by atoms with Gasteiger partial charge in [0.05, 0.1) is 17.2 Å². The van der Waals surface area contributed by atoms with Crippen LogP contribution in [0.15, 0.2) is 18.2 Å². The monoisotopic (exact) mass is 285 g/mol. The van der Waals surface area contributed by atoms with Gasteiger partial charge in [-0.05, 0) is 18.6 Å². The molecule has 1 aliphatic heterocycles. The zero-order chi connectivity index (χ0) is 13.2. The second-order valence-electron chi connectivity index (χ2n) is 4.24. The molecule has 0 amide bonds. The molecule has 0 unspecified atom stereocenters. The summed E-state index contributed by atoms with van der Waals surface area (Å²) in [4.78, 5) is 6.56. The third-order valence-corrected chi connectivity index (χ3v) is 4.79. The highest BCUT2D eigenvalue weighted by Crippen LogP contribution is 2.15. The molecule has 1 aromatic heterocycles. The second kappa shape index (κ2) is 5.19. The van der Waals surface area contributed by atoms with Crippen molar-refractivity contribution in [2.75, 3.05) is 29.5 Å². The van der Waals surface area contributed by atoms with Crippen LogP contribution in [0.4, 0.5) is 5.82 Å². The molecule has 98 valence electrons. The van der Waals surface area contributed by atoms with Gasteiger partial charge in [0.15, 0.2) is 9.84 Å². The topological polar surface area (TPSA) is 76.3 Å². The highest BCUT2D eigenvalue weighted by atomic mass is 32.2. The summed E-state index contributed by atoms with van der Waals surface area (Å²) in [6.45, 7) is 1.16. The van der Waals surface area contributed by atoms with Gasteiger partial charge in [-0.2, -0.15) is 0 Å². The Morgan fingerprint density at radius 2 is 2.11 bits per heavy atom. The van der Waals surface area contributed by atoms with Crippen molar-refractivity contribution in [1.82, 2.24) is 4.98 Å². The molecule has 1 aromatic rings. The molecule has 0 saturated carbocycles. The van der Waals surface area contributed by atoms with E-state index in [0.29, 0.717) is 25.2 Å². The number of rotatable bonds is 2. The smallest absolute Gasteiger partial charge is 0.152 e. The molecule has 1 fully saturated rings. The van der Waals surface area contributed by atoms with Gasteiger partial charge in [0, 0.05) is 13.1 Å². The van der Waals surface area contributed by atoms with Crippen molar-refractivity contribution in [1.29, 1.82) is 0 Å². The van der Waals surface area contributed by atoms with E-state index in [9.17, 15) is 8.42 Å². The second-order valence-corrected chi connectivity index (χ2v) is 6.98. The normalized spacial score (nSPS) is 19.2. The van der Waals surface area contributed by atoms with E-state index in [2.05, 4.69) is 4.98 Å². The van der Waals surface area contributed by atoms with Crippen molar-refractivity contribution in [2.45, 2.75) is 6.42 Å². The quantitative estimate of drug-likeness (QED) is 0.790. The lowest BCUT2D eigenvalue weighted by molar-refractivity contribution is 0.597. The lowest BCUT2D eigenvalue weighted by atomic mass is 10.3. The van der Waals surface area contributed by atoms with Gasteiger partial charge in [-0.1, -0.05) is 18.3 Å². The minimum absolute atomic E-state index is 0.173. The van der Waals surface area contributed by atoms with E-state index >= 15 is 0 Å². The van der Waals surface area contributed by atoms with Crippen LogP contribution in [0.2, 0.25) is 0 Å². The van der Waals surface area contributed by atoms with Gasteiger partial charge in [0.2, 0.25) is 0 Å². The van der Waals surface area contributed by atoms with Gasteiger partial charge < -0.3 is 10.6 Å². The molecular weight excluding hydrogens is 270 g/mol. The summed E-state index contributed by atoms with van der Waals surface area (Å²) in [5.41, 5.74) is 6.11. The molecule has 7 heteroatoms. The summed E-state index contributed by atoms with van der Waals surface area (Å²) in [6.07, 6.45) is 0.626. The molecule has 5 nitrogen and oxygen atoms in total. The Bertz CT molecular complexity index is 557. The Balaban J connectivity index is 2.21. The zero-order valence-corrected chi connectivity index (χ0v) is 11.5. The van der Waals surface area contributed by atoms with Crippen LogP contribution in [0.1, 0.15) is 12.1 Å². The minimum atomic E-state index is -2.91. The average Bonchev–Trinajstić information content (AvgIpc) is 2.50. The first-order valence-electron chi connectivity index (χ1n) is 5.70. The summed E-state index contributed by atoms with van der Waals surface area (Å²) in [5.74, 6) is 1.15. The van der Waals surface area contributed by atoms with E-state index in [1.807, 2.05) is 17.0 Å². The van der Waals surface area contributed by atoms with Gasteiger partial charge >= 0.3 is 0 Å². The molecule has 0 spiro atoms. The third kappa shape index (κ3) is 3.17.